The van der Waals surface area contributed by atoms with Crippen LogP contribution in [0.4, 0.5) is 5.69 Å². The number of para-hydroxylation sites is 1. The molecule has 0 saturated carbocycles. The molecule has 166 valence electrons. The second-order valence-electron chi connectivity index (χ2n) is 6.85. The number of esters is 1. The standard InChI is InChI=1S/C16H19NO4.C9H6O2/c1-4-17(5-2)12-8-7-11-9-13(15(18)20-6-3)16(19)21-14(11)10-12;10-9-6-5-7-3-1-2-4-8(7)11-9/h7-10H,4-6H2,1-3H3;1-6H. The van der Waals surface area contributed by atoms with Gasteiger partial charge in [-0.25, -0.2) is 14.4 Å². The van der Waals surface area contributed by atoms with Crippen molar-refractivity contribution in [2.24, 2.45) is 0 Å². The Bertz CT molecular complexity index is 1330. The van der Waals surface area contributed by atoms with E-state index in [-0.39, 0.29) is 17.8 Å². The summed E-state index contributed by atoms with van der Waals surface area (Å²) in [5.74, 6) is -0.652. The molecule has 2 heterocycles. The summed E-state index contributed by atoms with van der Waals surface area (Å²) in [5.41, 5.74) is 1.05. The van der Waals surface area contributed by atoms with Gasteiger partial charge < -0.3 is 18.5 Å². The third-order valence-corrected chi connectivity index (χ3v) is 4.87. The first kappa shape index (κ1) is 22.8. The van der Waals surface area contributed by atoms with Crippen LogP contribution < -0.4 is 16.2 Å². The lowest BCUT2D eigenvalue weighted by Gasteiger charge is -2.20. The van der Waals surface area contributed by atoms with Crippen molar-refractivity contribution in [3.63, 3.8) is 0 Å². The summed E-state index contributed by atoms with van der Waals surface area (Å²) in [7, 11) is 0. The van der Waals surface area contributed by atoms with Crippen LogP contribution >= 0.6 is 0 Å². The molecule has 7 heteroatoms. The molecule has 4 aromatic rings. The molecular weight excluding hydrogens is 410 g/mol. The molecule has 0 aliphatic carbocycles. The maximum Gasteiger partial charge on any atom is 0.351 e. The molecule has 0 unspecified atom stereocenters. The average molecular weight is 435 g/mol. The highest BCUT2D eigenvalue weighted by Gasteiger charge is 2.15. The number of ether oxygens (including phenoxy) is 1. The molecule has 0 amide bonds. The Morgan fingerprint density at radius 1 is 0.844 bits per heavy atom. The van der Waals surface area contributed by atoms with E-state index in [1.807, 2.05) is 36.4 Å². The molecule has 4 rings (SSSR count). The first-order chi connectivity index (χ1) is 15.5. The molecule has 0 aliphatic heterocycles. The highest BCUT2D eigenvalue weighted by molar-refractivity contribution is 5.93. The monoisotopic (exact) mass is 435 g/mol. The van der Waals surface area contributed by atoms with E-state index < -0.39 is 11.6 Å². The van der Waals surface area contributed by atoms with E-state index in [0.717, 1.165) is 24.2 Å². The van der Waals surface area contributed by atoms with Gasteiger partial charge >= 0.3 is 17.2 Å². The van der Waals surface area contributed by atoms with Crippen LogP contribution in [0.15, 0.2) is 79.1 Å². The molecule has 0 aliphatic rings. The third-order valence-electron chi connectivity index (χ3n) is 4.87. The van der Waals surface area contributed by atoms with Crippen molar-refractivity contribution in [1.29, 1.82) is 0 Å². The van der Waals surface area contributed by atoms with Crippen LogP contribution in [-0.2, 0) is 4.74 Å². The van der Waals surface area contributed by atoms with Gasteiger partial charge in [0.15, 0.2) is 0 Å². The Kier molecular flexibility index (Phi) is 7.44. The van der Waals surface area contributed by atoms with Crippen LogP contribution in [-0.4, -0.2) is 25.7 Å². The zero-order valence-corrected chi connectivity index (χ0v) is 18.3. The molecule has 2 aromatic carbocycles. The lowest BCUT2D eigenvalue weighted by Crippen LogP contribution is -2.21. The Balaban J connectivity index is 0.000000219. The van der Waals surface area contributed by atoms with E-state index in [1.165, 1.54) is 12.1 Å². The van der Waals surface area contributed by atoms with E-state index in [1.54, 1.807) is 19.1 Å². The first-order valence-electron chi connectivity index (χ1n) is 10.5. The summed E-state index contributed by atoms with van der Waals surface area (Å²) in [4.78, 5) is 36.4. The molecular formula is C25H25NO6. The second-order valence-corrected chi connectivity index (χ2v) is 6.85. The zero-order valence-electron chi connectivity index (χ0n) is 18.3. The second kappa shape index (κ2) is 10.4. The van der Waals surface area contributed by atoms with Crippen LogP contribution in [0.3, 0.4) is 0 Å². The molecule has 0 radical (unpaired) electrons. The van der Waals surface area contributed by atoms with Gasteiger partial charge in [0, 0.05) is 41.7 Å². The molecule has 0 atom stereocenters. The molecule has 32 heavy (non-hydrogen) atoms. The minimum absolute atomic E-state index is 0.0695. The van der Waals surface area contributed by atoms with E-state index >= 15 is 0 Å². The van der Waals surface area contributed by atoms with Crippen LogP contribution in [0.1, 0.15) is 31.1 Å². The summed E-state index contributed by atoms with van der Waals surface area (Å²) in [5, 5.41) is 1.65. The average Bonchev–Trinajstić information content (AvgIpc) is 2.80. The highest BCUT2D eigenvalue weighted by Crippen LogP contribution is 2.22. The Hall–Kier alpha value is -3.87. The SMILES string of the molecule is CCOC(=O)c1cc2ccc(N(CC)CC)cc2oc1=O.O=c1ccc2ccccc2o1. The van der Waals surface area contributed by atoms with E-state index in [2.05, 4.69) is 18.7 Å². The Morgan fingerprint density at radius 2 is 1.56 bits per heavy atom. The number of anilines is 1. The van der Waals surface area contributed by atoms with E-state index in [0.29, 0.717) is 16.6 Å². The largest absolute Gasteiger partial charge is 0.462 e. The summed E-state index contributed by atoms with van der Waals surface area (Å²) in [6.07, 6.45) is 0. The molecule has 0 saturated heterocycles. The number of carbonyl (C=O) groups is 1. The topological polar surface area (TPSA) is 90.0 Å². The molecule has 0 bridgehead atoms. The number of hydrogen-bond donors (Lipinski definition) is 0. The van der Waals surface area contributed by atoms with Crippen molar-refractivity contribution < 1.29 is 18.4 Å². The smallest absolute Gasteiger partial charge is 0.351 e. The Morgan fingerprint density at radius 3 is 2.28 bits per heavy atom. The van der Waals surface area contributed by atoms with Gasteiger partial charge in [-0.15, -0.1) is 0 Å². The van der Waals surface area contributed by atoms with Gasteiger partial charge in [-0.3, -0.25) is 0 Å². The summed E-state index contributed by atoms with van der Waals surface area (Å²) < 4.78 is 15.0. The fourth-order valence-corrected chi connectivity index (χ4v) is 3.25. The molecule has 0 spiro atoms. The summed E-state index contributed by atoms with van der Waals surface area (Å²) in [6, 6.07) is 17.7. The highest BCUT2D eigenvalue weighted by atomic mass is 16.5. The third kappa shape index (κ3) is 5.24. The summed E-state index contributed by atoms with van der Waals surface area (Å²) >= 11 is 0. The van der Waals surface area contributed by atoms with Crippen molar-refractivity contribution >= 4 is 33.6 Å². The first-order valence-corrected chi connectivity index (χ1v) is 10.5. The van der Waals surface area contributed by atoms with Gasteiger partial charge in [0.25, 0.3) is 0 Å². The van der Waals surface area contributed by atoms with E-state index in [9.17, 15) is 14.4 Å². The van der Waals surface area contributed by atoms with Crippen molar-refractivity contribution in [3.05, 3.63) is 87.1 Å². The summed E-state index contributed by atoms with van der Waals surface area (Å²) in [6.45, 7) is 7.77. The predicted octanol–water partition coefficient (Wildman–Crippen LogP) is 4.61. The Labute approximate surface area is 184 Å². The van der Waals surface area contributed by atoms with Crippen LogP contribution in [0.25, 0.3) is 21.9 Å². The number of hydrogen-bond acceptors (Lipinski definition) is 7. The predicted molar refractivity (Wildman–Crippen MR) is 124 cm³/mol. The minimum atomic E-state index is -0.669. The number of carbonyl (C=O) groups excluding carboxylic acids is 1. The van der Waals surface area contributed by atoms with Gasteiger partial charge in [0.1, 0.15) is 16.7 Å². The van der Waals surface area contributed by atoms with Crippen molar-refractivity contribution in [3.8, 4) is 0 Å². The number of nitrogens with zero attached hydrogens (tertiary/aromatic N) is 1. The van der Waals surface area contributed by atoms with Crippen molar-refractivity contribution in [2.75, 3.05) is 24.6 Å². The molecule has 2 aromatic heterocycles. The van der Waals surface area contributed by atoms with Crippen LogP contribution in [0.5, 0.6) is 0 Å². The number of benzene rings is 2. The number of fused-ring (bicyclic) bond motifs is 2. The van der Waals surface area contributed by atoms with Gasteiger partial charge in [-0.1, -0.05) is 18.2 Å². The fourth-order valence-electron chi connectivity index (χ4n) is 3.25. The van der Waals surface area contributed by atoms with Gasteiger partial charge in [0.2, 0.25) is 0 Å². The van der Waals surface area contributed by atoms with Gasteiger partial charge in [0.05, 0.1) is 6.61 Å². The minimum Gasteiger partial charge on any atom is -0.462 e. The van der Waals surface area contributed by atoms with Crippen molar-refractivity contribution in [2.45, 2.75) is 20.8 Å². The maximum absolute atomic E-state index is 11.9. The fraction of sp³-hybridized carbons (Fsp3) is 0.240. The normalized spacial score (nSPS) is 10.5. The molecule has 0 N–H and O–H groups in total. The van der Waals surface area contributed by atoms with Crippen molar-refractivity contribution in [1.82, 2.24) is 0 Å². The van der Waals surface area contributed by atoms with Crippen LogP contribution in [0, 0.1) is 0 Å². The van der Waals surface area contributed by atoms with Crippen LogP contribution in [0.2, 0.25) is 0 Å². The van der Waals surface area contributed by atoms with E-state index in [4.69, 9.17) is 13.6 Å². The lowest BCUT2D eigenvalue weighted by molar-refractivity contribution is 0.0522. The van der Waals surface area contributed by atoms with Gasteiger partial charge in [-0.05, 0) is 51.1 Å². The van der Waals surface area contributed by atoms with Gasteiger partial charge in [-0.2, -0.15) is 0 Å². The zero-order chi connectivity index (χ0) is 23.1. The molecule has 0 fully saturated rings. The number of rotatable bonds is 5. The lowest BCUT2D eigenvalue weighted by atomic mass is 10.1. The quantitative estimate of drug-likeness (QED) is 0.334. The maximum atomic E-state index is 11.9. The molecule has 7 nitrogen and oxygen atoms in total.